The Labute approximate surface area is 309 Å². The maximum absolute atomic E-state index is 2.71. The fraction of sp³-hybridized carbons (Fsp3) is 0.311. The molecule has 0 saturated carbocycles. The predicted octanol–water partition coefficient (Wildman–Crippen LogP) is 10.5. The van der Waals surface area contributed by atoms with E-state index in [2.05, 4.69) is 162 Å². The molecule has 0 bridgehead atoms. The number of hydrogen-bond acceptors (Lipinski definition) is 4. The van der Waals surface area contributed by atoms with Gasteiger partial charge in [-0.2, -0.15) is 0 Å². The number of para-hydroxylation sites is 2. The lowest BCUT2D eigenvalue weighted by Crippen LogP contribution is -2.58. The standard InChI is InChI=1S/C45H48BN2S2/c1-27(2)32-15-13-16-33(28(3)4)43(32)47-23-24-48(44-34(29(5)6)17-14-18-35(44)30(7)8)45(47)31-25-40-42-41(26-31)50-39-22-12-10-20-37(39)46(42)36-19-9-11-21-38(36)49-40/h9-22,25-30H,23-24H2,1-8H3. The summed E-state index contributed by atoms with van der Waals surface area (Å²) < 4.78 is 0. The first-order valence-corrected chi connectivity index (χ1v) is 20.2. The summed E-state index contributed by atoms with van der Waals surface area (Å²) in [5.41, 5.74) is 14.2. The predicted molar refractivity (Wildman–Crippen MR) is 219 cm³/mol. The number of anilines is 2. The molecule has 0 N–H and O–H groups in total. The molecule has 1 saturated heterocycles. The van der Waals surface area contributed by atoms with E-state index in [1.807, 2.05) is 23.5 Å². The summed E-state index contributed by atoms with van der Waals surface area (Å²) in [6.07, 6.45) is 1.32. The van der Waals surface area contributed by atoms with Crippen molar-refractivity contribution in [2.45, 2.75) is 98.6 Å². The fourth-order valence-corrected chi connectivity index (χ4v) is 11.0. The normalized spacial score (nSPS) is 15.4. The van der Waals surface area contributed by atoms with Gasteiger partial charge in [-0.05, 0) is 75.7 Å². The van der Waals surface area contributed by atoms with Crippen molar-refractivity contribution in [1.29, 1.82) is 0 Å². The van der Waals surface area contributed by atoms with Crippen LogP contribution in [0.5, 0.6) is 0 Å². The molecule has 1 fully saturated rings. The highest BCUT2D eigenvalue weighted by molar-refractivity contribution is 8.01. The molecule has 5 aromatic rings. The Hall–Kier alpha value is -3.54. The molecule has 3 aliphatic heterocycles. The first kappa shape index (κ1) is 33.6. The average Bonchev–Trinajstić information content (AvgIpc) is 3.55. The van der Waals surface area contributed by atoms with Gasteiger partial charge in [-0.1, -0.05) is 163 Å². The van der Waals surface area contributed by atoms with E-state index < -0.39 is 0 Å². The van der Waals surface area contributed by atoms with E-state index in [0.717, 1.165) is 13.1 Å². The van der Waals surface area contributed by atoms with E-state index in [4.69, 9.17) is 0 Å². The largest absolute Gasteiger partial charge is 0.339 e. The Morgan fingerprint density at radius 2 is 0.860 bits per heavy atom. The summed E-state index contributed by atoms with van der Waals surface area (Å²) in [4.78, 5) is 11.0. The molecule has 3 heterocycles. The minimum absolute atomic E-state index is 0.258. The fourth-order valence-electron chi connectivity index (χ4n) is 8.47. The molecule has 0 unspecified atom stereocenters. The van der Waals surface area contributed by atoms with Gasteiger partial charge in [-0.3, -0.25) is 0 Å². The Kier molecular flexibility index (Phi) is 8.88. The van der Waals surface area contributed by atoms with Gasteiger partial charge in [0.15, 0.2) is 6.17 Å². The second kappa shape index (κ2) is 13.2. The van der Waals surface area contributed by atoms with Gasteiger partial charge in [0.05, 0.1) is 0 Å². The number of nitrogens with zero attached hydrogens (tertiary/aromatic N) is 2. The lowest BCUT2D eigenvalue weighted by atomic mass is 9.36. The zero-order chi connectivity index (χ0) is 34.8. The molecular formula is C45H48BN2S2. The smallest absolute Gasteiger partial charge is 0.247 e. The highest BCUT2D eigenvalue weighted by Gasteiger charge is 2.43. The summed E-state index contributed by atoms with van der Waals surface area (Å²) in [5.74, 6) is 1.66. The van der Waals surface area contributed by atoms with Crippen molar-refractivity contribution in [1.82, 2.24) is 0 Å². The second-order valence-electron chi connectivity index (χ2n) is 15.4. The van der Waals surface area contributed by atoms with Crippen LogP contribution in [0.2, 0.25) is 0 Å². The van der Waals surface area contributed by atoms with E-state index in [1.165, 1.54) is 81.3 Å². The lowest BCUT2D eigenvalue weighted by Gasteiger charge is -2.39. The van der Waals surface area contributed by atoms with Gasteiger partial charge in [-0.15, -0.1) is 0 Å². The van der Waals surface area contributed by atoms with Crippen molar-refractivity contribution < 1.29 is 0 Å². The third kappa shape index (κ3) is 5.51. The van der Waals surface area contributed by atoms with Crippen molar-refractivity contribution in [3.8, 4) is 0 Å². The molecule has 8 rings (SSSR count). The molecule has 0 aromatic heterocycles. The second-order valence-corrected chi connectivity index (χ2v) is 17.6. The van der Waals surface area contributed by atoms with Crippen LogP contribution in [0.25, 0.3) is 0 Å². The minimum atomic E-state index is 0.258. The maximum atomic E-state index is 2.71. The number of fused-ring (bicyclic) bond motifs is 4. The highest BCUT2D eigenvalue weighted by atomic mass is 32.2. The quantitative estimate of drug-likeness (QED) is 0.154. The van der Waals surface area contributed by atoms with Crippen molar-refractivity contribution in [2.24, 2.45) is 0 Å². The van der Waals surface area contributed by atoms with Crippen LogP contribution in [-0.2, 0) is 0 Å². The van der Waals surface area contributed by atoms with Gasteiger partial charge in [0.2, 0.25) is 6.71 Å². The Bertz CT molecular complexity index is 1890. The Morgan fingerprint density at radius 1 is 0.480 bits per heavy atom. The first-order valence-electron chi connectivity index (χ1n) is 18.5. The van der Waals surface area contributed by atoms with Gasteiger partial charge in [0, 0.05) is 49.6 Å². The van der Waals surface area contributed by atoms with Crippen LogP contribution >= 0.6 is 23.5 Å². The average molecular weight is 692 g/mol. The molecule has 5 aromatic carbocycles. The molecule has 1 radical (unpaired) electrons. The van der Waals surface area contributed by atoms with Gasteiger partial charge in [0.1, 0.15) is 0 Å². The van der Waals surface area contributed by atoms with Crippen LogP contribution in [0.4, 0.5) is 11.4 Å². The summed E-state index contributed by atoms with van der Waals surface area (Å²) in [5, 5.41) is 0. The SMILES string of the molecule is CC(C)c1cccc(C(C)C)c1N1CCN(c2c(C(C)C)cccc2C(C)C)[C]1c1cc2c3c(c1)Sc1ccccc1B3c1ccccc1S2. The Morgan fingerprint density at radius 3 is 1.24 bits per heavy atom. The molecule has 50 heavy (non-hydrogen) atoms. The monoisotopic (exact) mass is 691 g/mol. The maximum Gasteiger partial charge on any atom is 0.247 e. The molecule has 5 heteroatoms. The third-order valence-corrected chi connectivity index (χ3v) is 13.1. The lowest BCUT2D eigenvalue weighted by molar-refractivity contribution is 0.798. The van der Waals surface area contributed by atoms with Crippen LogP contribution in [0.1, 0.15) is 107 Å². The molecule has 0 atom stereocenters. The number of benzene rings is 5. The van der Waals surface area contributed by atoms with Crippen LogP contribution in [0, 0.1) is 6.17 Å². The molecule has 0 aliphatic carbocycles. The zero-order valence-electron chi connectivity index (χ0n) is 30.7. The molecule has 0 spiro atoms. The highest BCUT2D eigenvalue weighted by Crippen LogP contribution is 2.49. The van der Waals surface area contributed by atoms with Crippen LogP contribution in [0.3, 0.4) is 0 Å². The van der Waals surface area contributed by atoms with Gasteiger partial charge >= 0.3 is 0 Å². The first-order chi connectivity index (χ1) is 24.1. The van der Waals surface area contributed by atoms with E-state index in [1.54, 1.807) is 0 Å². The minimum Gasteiger partial charge on any atom is -0.339 e. The summed E-state index contributed by atoms with van der Waals surface area (Å²) >= 11 is 3.92. The molecule has 253 valence electrons. The van der Waals surface area contributed by atoms with Crippen molar-refractivity contribution in [3.05, 3.63) is 131 Å². The van der Waals surface area contributed by atoms with Gasteiger partial charge in [-0.25, -0.2) is 0 Å². The molecule has 0 amide bonds. The van der Waals surface area contributed by atoms with E-state index in [0.29, 0.717) is 23.7 Å². The van der Waals surface area contributed by atoms with E-state index in [9.17, 15) is 0 Å². The summed E-state index contributed by atoms with van der Waals surface area (Å²) in [7, 11) is 0. The van der Waals surface area contributed by atoms with Crippen molar-refractivity contribution >= 4 is 58.0 Å². The topological polar surface area (TPSA) is 6.48 Å². The van der Waals surface area contributed by atoms with Gasteiger partial charge in [0.25, 0.3) is 0 Å². The van der Waals surface area contributed by atoms with E-state index in [-0.39, 0.29) is 6.71 Å². The number of rotatable bonds is 7. The van der Waals surface area contributed by atoms with Crippen molar-refractivity contribution in [2.75, 3.05) is 22.9 Å². The molecular weight excluding hydrogens is 643 g/mol. The van der Waals surface area contributed by atoms with Crippen LogP contribution in [0.15, 0.2) is 117 Å². The van der Waals surface area contributed by atoms with Crippen LogP contribution in [-0.4, -0.2) is 19.8 Å². The third-order valence-electron chi connectivity index (χ3n) is 10.8. The van der Waals surface area contributed by atoms with Crippen LogP contribution < -0.4 is 26.2 Å². The zero-order valence-corrected chi connectivity index (χ0v) is 32.4. The van der Waals surface area contributed by atoms with Crippen molar-refractivity contribution in [3.63, 3.8) is 0 Å². The molecule has 3 aliphatic rings. The summed E-state index contributed by atoms with van der Waals surface area (Å²) in [6.45, 7) is 21.0. The Balaban J connectivity index is 1.39. The van der Waals surface area contributed by atoms with Gasteiger partial charge < -0.3 is 9.80 Å². The van der Waals surface area contributed by atoms with E-state index >= 15 is 0 Å². The number of hydrogen-bond donors (Lipinski definition) is 0. The summed E-state index contributed by atoms with van der Waals surface area (Å²) in [6, 6.07) is 37.3. The molecule has 2 nitrogen and oxygen atoms in total.